The second-order valence-corrected chi connectivity index (χ2v) is 11.6. The maximum absolute atomic E-state index is 12.9. The Balaban J connectivity index is 2.27. The topological polar surface area (TPSA) is 97.0 Å². The molecule has 0 saturated carbocycles. The van der Waals surface area contributed by atoms with Crippen molar-refractivity contribution in [3.63, 3.8) is 0 Å². The molecule has 0 aliphatic rings. The zero-order chi connectivity index (χ0) is 30.8. The molecule has 0 radical (unpaired) electrons. The summed E-state index contributed by atoms with van der Waals surface area (Å²) in [7, 11) is 5.25. The Morgan fingerprint density at radius 1 is 0.714 bits per heavy atom. The minimum absolute atomic E-state index is 0.119. The third-order valence-corrected chi connectivity index (χ3v) is 7.50. The number of hydrogen-bond donors (Lipinski definition) is 2. The molecule has 1 aromatic rings. The molecule has 0 heterocycles. The molecule has 8 heteroatoms. The van der Waals surface area contributed by atoms with Crippen molar-refractivity contribution in [2.75, 3.05) is 40.8 Å². The molecule has 1 aromatic carbocycles. The van der Waals surface area contributed by atoms with Gasteiger partial charge in [-0.3, -0.25) is 4.79 Å². The summed E-state index contributed by atoms with van der Waals surface area (Å²) in [4.78, 5) is 39.1. The molecule has 0 aliphatic carbocycles. The quantitative estimate of drug-likeness (QED) is 0.0898. The highest BCUT2D eigenvalue weighted by atomic mass is 16.5. The number of hydrogen-bond acceptors (Lipinski definition) is 6. The van der Waals surface area contributed by atoms with Crippen LogP contribution in [0.5, 0.6) is 0 Å². The lowest BCUT2D eigenvalue weighted by Crippen LogP contribution is -2.29. The standard InChI is InChI=1S/C34H59N3O5/c1-5-6-7-8-9-10-11-12-13-14-15-16-17-18-19-20-24-35-32(38)31-23-22-29(33(39)41-4)27-30(31)28-42-34(40)36-25-21-26-37(2)3/h22-23,27H,5-21,24-26,28H2,1-4H3,(H,35,38)(H,36,40). The first-order valence-electron chi connectivity index (χ1n) is 16.4. The van der Waals surface area contributed by atoms with Crippen molar-refractivity contribution in [1.29, 1.82) is 0 Å². The van der Waals surface area contributed by atoms with Gasteiger partial charge in [0, 0.05) is 24.2 Å². The SMILES string of the molecule is CCCCCCCCCCCCCCCCCCNC(=O)c1ccc(C(=O)OC)cc1COC(=O)NCCCN(C)C. The molecule has 0 saturated heterocycles. The van der Waals surface area contributed by atoms with Crippen LogP contribution in [-0.2, 0) is 16.1 Å². The summed E-state index contributed by atoms with van der Waals surface area (Å²) in [6, 6.07) is 4.69. The van der Waals surface area contributed by atoms with E-state index in [4.69, 9.17) is 9.47 Å². The van der Waals surface area contributed by atoms with Crippen LogP contribution in [0.15, 0.2) is 18.2 Å². The Labute approximate surface area is 255 Å². The normalized spacial score (nSPS) is 11.0. The molecule has 42 heavy (non-hydrogen) atoms. The van der Waals surface area contributed by atoms with Crippen LogP contribution in [0.3, 0.4) is 0 Å². The molecule has 0 unspecified atom stereocenters. The van der Waals surface area contributed by atoms with Crippen molar-refractivity contribution in [2.24, 2.45) is 0 Å². The summed E-state index contributed by atoms with van der Waals surface area (Å²) in [6.07, 6.45) is 21.2. The Bertz CT molecular complexity index is 875. The van der Waals surface area contributed by atoms with Gasteiger partial charge < -0.3 is 25.0 Å². The molecule has 2 N–H and O–H groups in total. The second-order valence-electron chi connectivity index (χ2n) is 11.6. The summed E-state index contributed by atoms with van der Waals surface area (Å²) in [5, 5.41) is 5.69. The summed E-state index contributed by atoms with van der Waals surface area (Å²) in [6.45, 7) is 4.08. The number of carbonyl (C=O) groups excluding carboxylic acids is 3. The number of alkyl carbamates (subject to hydrolysis) is 1. The van der Waals surface area contributed by atoms with E-state index in [0.717, 1.165) is 25.8 Å². The number of rotatable bonds is 25. The predicted octanol–water partition coefficient (Wildman–Crippen LogP) is 7.64. The molecular weight excluding hydrogens is 530 g/mol. The van der Waals surface area contributed by atoms with Gasteiger partial charge in [-0.1, -0.05) is 103 Å². The number of carbonyl (C=O) groups is 3. The van der Waals surface area contributed by atoms with Gasteiger partial charge in [-0.25, -0.2) is 9.59 Å². The van der Waals surface area contributed by atoms with Gasteiger partial charge in [-0.05, 0) is 51.7 Å². The van der Waals surface area contributed by atoms with E-state index >= 15 is 0 Å². The van der Waals surface area contributed by atoms with Crippen LogP contribution in [0.25, 0.3) is 0 Å². The first-order chi connectivity index (χ1) is 20.4. The summed E-state index contributed by atoms with van der Waals surface area (Å²) < 4.78 is 10.1. The van der Waals surface area contributed by atoms with Gasteiger partial charge >= 0.3 is 12.1 Å². The largest absolute Gasteiger partial charge is 0.465 e. The number of unbranched alkanes of at least 4 members (excludes halogenated alkanes) is 15. The van der Waals surface area contributed by atoms with Crippen molar-refractivity contribution in [3.8, 4) is 0 Å². The number of nitrogens with zero attached hydrogens (tertiary/aromatic N) is 1. The number of ether oxygens (including phenoxy) is 2. The molecule has 240 valence electrons. The third-order valence-electron chi connectivity index (χ3n) is 7.50. The molecule has 8 nitrogen and oxygen atoms in total. The Morgan fingerprint density at radius 2 is 1.24 bits per heavy atom. The zero-order valence-electron chi connectivity index (χ0n) is 27.1. The van der Waals surface area contributed by atoms with Crippen molar-refractivity contribution >= 4 is 18.0 Å². The van der Waals surface area contributed by atoms with Crippen LogP contribution in [0.1, 0.15) is 142 Å². The van der Waals surface area contributed by atoms with Gasteiger partial charge in [-0.15, -0.1) is 0 Å². The number of amides is 2. The Kier molecular flexibility index (Phi) is 22.2. The van der Waals surface area contributed by atoms with Crippen LogP contribution in [0, 0.1) is 0 Å². The minimum Gasteiger partial charge on any atom is -0.465 e. The summed E-state index contributed by atoms with van der Waals surface area (Å²) in [5.74, 6) is -0.748. The number of nitrogens with one attached hydrogen (secondary N) is 2. The first-order valence-corrected chi connectivity index (χ1v) is 16.4. The van der Waals surface area contributed by atoms with Crippen molar-refractivity contribution in [3.05, 3.63) is 34.9 Å². The van der Waals surface area contributed by atoms with Crippen LogP contribution in [-0.4, -0.2) is 63.7 Å². The maximum atomic E-state index is 12.9. The van der Waals surface area contributed by atoms with E-state index in [0.29, 0.717) is 29.8 Å². The lowest BCUT2D eigenvalue weighted by atomic mass is 10.0. The van der Waals surface area contributed by atoms with Crippen molar-refractivity contribution in [2.45, 2.75) is 123 Å². The Morgan fingerprint density at radius 3 is 1.76 bits per heavy atom. The molecule has 0 aromatic heterocycles. The zero-order valence-corrected chi connectivity index (χ0v) is 27.1. The number of methoxy groups -OCH3 is 1. The minimum atomic E-state index is -0.559. The average Bonchev–Trinajstić information content (AvgIpc) is 2.99. The van der Waals surface area contributed by atoms with E-state index in [-0.39, 0.29) is 12.5 Å². The van der Waals surface area contributed by atoms with E-state index in [1.807, 2.05) is 19.0 Å². The second kappa shape index (κ2) is 24.9. The van der Waals surface area contributed by atoms with E-state index in [2.05, 4.69) is 17.6 Å². The summed E-state index contributed by atoms with van der Waals surface area (Å²) in [5.41, 5.74) is 1.15. The third kappa shape index (κ3) is 18.7. The lowest BCUT2D eigenvalue weighted by Gasteiger charge is -2.13. The molecule has 1 rings (SSSR count). The number of esters is 1. The van der Waals surface area contributed by atoms with Crippen LogP contribution < -0.4 is 10.6 Å². The van der Waals surface area contributed by atoms with Crippen molar-refractivity contribution < 1.29 is 23.9 Å². The predicted molar refractivity (Wildman–Crippen MR) is 171 cm³/mol. The molecule has 0 spiro atoms. The van der Waals surface area contributed by atoms with Crippen molar-refractivity contribution in [1.82, 2.24) is 15.5 Å². The Hall–Kier alpha value is -2.61. The van der Waals surface area contributed by atoms with Gasteiger partial charge in [-0.2, -0.15) is 0 Å². The average molecular weight is 590 g/mol. The molecular formula is C34H59N3O5. The fraction of sp³-hybridized carbons (Fsp3) is 0.735. The van der Waals surface area contributed by atoms with Gasteiger partial charge in [0.15, 0.2) is 0 Å². The molecule has 0 aliphatic heterocycles. The van der Waals surface area contributed by atoms with Crippen LogP contribution in [0.2, 0.25) is 0 Å². The van der Waals surface area contributed by atoms with Crippen LogP contribution in [0.4, 0.5) is 4.79 Å². The fourth-order valence-corrected chi connectivity index (χ4v) is 4.93. The number of benzene rings is 1. The van der Waals surface area contributed by atoms with Gasteiger partial charge in [0.05, 0.1) is 12.7 Å². The highest BCUT2D eigenvalue weighted by Gasteiger charge is 2.16. The van der Waals surface area contributed by atoms with E-state index in [9.17, 15) is 14.4 Å². The fourth-order valence-electron chi connectivity index (χ4n) is 4.93. The van der Waals surface area contributed by atoms with E-state index in [1.165, 1.54) is 97.0 Å². The smallest absolute Gasteiger partial charge is 0.407 e. The van der Waals surface area contributed by atoms with E-state index in [1.54, 1.807) is 18.2 Å². The highest BCUT2D eigenvalue weighted by molar-refractivity contribution is 5.97. The lowest BCUT2D eigenvalue weighted by molar-refractivity contribution is 0.0600. The monoisotopic (exact) mass is 589 g/mol. The summed E-state index contributed by atoms with van der Waals surface area (Å²) >= 11 is 0. The molecule has 0 bridgehead atoms. The van der Waals surface area contributed by atoms with Gasteiger partial charge in [0.2, 0.25) is 0 Å². The first kappa shape index (κ1) is 37.4. The molecule has 2 amide bonds. The molecule has 0 atom stereocenters. The van der Waals surface area contributed by atoms with Gasteiger partial charge in [0.25, 0.3) is 5.91 Å². The van der Waals surface area contributed by atoms with E-state index < -0.39 is 12.1 Å². The molecule has 0 fully saturated rings. The maximum Gasteiger partial charge on any atom is 0.407 e. The van der Waals surface area contributed by atoms with Crippen LogP contribution >= 0.6 is 0 Å². The van der Waals surface area contributed by atoms with Gasteiger partial charge in [0.1, 0.15) is 6.61 Å². The highest BCUT2D eigenvalue weighted by Crippen LogP contribution is 2.16.